The van der Waals surface area contributed by atoms with Gasteiger partial charge in [-0.1, -0.05) is 67.0 Å². The minimum absolute atomic E-state index is 0.0316. The Morgan fingerprint density at radius 1 is 0.708 bits per heavy atom. The molecular formula is C52H84N8O12. The minimum atomic E-state index is -1.79. The lowest BCUT2D eigenvalue weighted by Gasteiger charge is -2.37. The van der Waals surface area contributed by atoms with Gasteiger partial charge < -0.3 is 50.3 Å². The number of cyclic esters (lactones) is 1. The van der Waals surface area contributed by atoms with Crippen molar-refractivity contribution < 1.29 is 57.4 Å². The van der Waals surface area contributed by atoms with Gasteiger partial charge in [0, 0.05) is 46.6 Å². The van der Waals surface area contributed by atoms with Gasteiger partial charge in [-0.2, -0.15) is 0 Å². The third kappa shape index (κ3) is 16.2. The first-order valence-electron chi connectivity index (χ1n) is 25.1. The fourth-order valence-corrected chi connectivity index (χ4v) is 8.58. The topological polar surface area (TPSA) is 250 Å². The summed E-state index contributed by atoms with van der Waals surface area (Å²) in [6, 6.07) is 0.144. The summed E-state index contributed by atoms with van der Waals surface area (Å²) in [5.74, 6) is -8.37. The second-order valence-electron chi connectivity index (χ2n) is 20.5. The van der Waals surface area contributed by atoms with E-state index in [0.29, 0.717) is 30.6 Å². The molecule has 0 bridgehead atoms. The Morgan fingerprint density at radius 3 is 1.78 bits per heavy atom. The summed E-state index contributed by atoms with van der Waals surface area (Å²) in [6.07, 6.45) is 0.111. The van der Waals surface area contributed by atoms with Crippen molar-refractivity contribution in [2.45, 2.75) is 158 Å². The van der Waals surface area contributed by atoms with Gasteiger partial charge in [0.25, 0.3) is 5.91 Å². The number of methoxy groups -OCH3 is 1. The molecule has 72 heavy (non-hydrogen) atoms. The van der Waals surface area contributed by atoms with E-state index in [1.807, 2.05) is 20.8 Å². The molecule has 1 aliphatic rings. The number of nitrogens with zero attached hydrogens (tertiary/aromatic N) is 4. The van der Waals surface area contributed by atoms with Gasteiger partial charge in [0.15, 0.2) is 11.9 Å². The molecular weight excluding hydrogens is 929 g/mol. The number of carbonyl (C=O) groups excluding carboxylic acids is 10. The number of rotatable bonds is 10. The molecule has 1 saturated heterocycles. The highest BCUT2D eigenvalue weighted by atomic mass is 16.5. The predicted molar refractivity (Wildman–Crippen MR) is 271 cm³/mol. The van der Waals surface area contributed by atoms with E-state index >= 15 is 0 Å². The van der Waals surface area contributed by atoms with Crippen LogP contribution in [0.3, 0.4) is 0 Å². The highest BCUT2D eigenvalue weighted by molar-refractivity contribution is 6.09. The number of Topliss-reactive ketones (excluding diaryl/α,β-unsaturated/α-hetero) is 1. The van der Waals surface area contributed by atoms with Crippen molar-refractivity contribution in [2.75, 3.05) is 48.4 Å². The van der Waals surface area contributed by atoms with Crippen LogP contribution in [0.5, 0.6) is 5.75 Å². The molecule has 1 aromatic rings. The molecule has 0 spiro atoms. The molecule has 20 nitrogen and oxygen atoms in total. The SMILES string of the molecule is CCC[C@H]1NC(=O)[C@H](C)N(C)C(=O)C(C)(C)C(=O)[C@H](C)NC(=O)[C@H](Cc2ccc(OC)cc2)N(C)C(=O)[C@H](C(C)C)N(C)C(=O)CNC(=O)[C@H](CC(C)C)N(C)C(=O)CNC(=O)[C@H]([C@H](C)CC)OC(=O)[C@H]1C. The number of nitrogens with one attached hydrogen (secondary N) is 4. The zero-order valence-electron chi connectivity index (χ0n) is 45.8. The molecule has 0 unspecified atom stereocenters. The normalized spacial score (nSPS) is 26.5. The van der Waals surface area contributed by atoms with Gasteiger partial charge in [-0.3, -0.25) is 47.9 Å². The average molecular weight is 1010 g/mol. The fourth-order valence-electron chi connectivity index (χ4n) is 8.58. The van der Waals surface area contributed by atoms with Crippen LogP contribution in [0.2, 0.25) is 0 Å². The van der Waals surface area contributed by atoms with Gasteiger partial charge in [-0.05, 0) is 83.4 Å². The third-order valence-electron chi connectivity index (χ3n) is 13.8. The molecule has 20 heteroatoms. The Kier molecular flexibility index (Phi) is 23.8. The zero-order chi connectivity index (χ0) is 55.1. The molecule has 1 aromatic carbocycles. The maximum absolute atomic E-state index is 14.6. The number of hydrogen-bond donors (Lipinski definition) is 4. The highest BCUT2D eigenvalue weighted by Crippen LogP contribution is 2.25. The Balaban J connectivity index is 2.74. The smallest absolute Gasteiger partial charge is 0.311 e. The number of esters is 1. The predicted octanol–water partition coefficient (Wildman–Crippen LogP) is 2.49. The van der Waals surface area contributed by atoms with Gasteiger partial charge in [0.1, 0.15) is 35.3 Å². The molecule has 0 saturated carbocycles. The number of benzene rings is 1. The van der Waals surface area contributed by atoms with Crippen LogP contribution in [-0.4, -0.2) is 169 Å². The fraction of sp³-hybridized carbons (Fsp3) is 0.692. The second-order valence-corrected chi connectivity index (χ2v) is 20.5. The minimum Gasteiger partial charge on any atom is -0.497 e. The second kappa shape index (κ2) is 27.7. The molecule has 0 aromatic heterocycles. The van der Waals surface area contributed by atoms with Gasteiger partial charge >= 0.3 is 5.97 Å². The first kappa shape index (κ1) is 62.0. The summed E-state index contributed by atoms with van der Waals surface area (Å²) < 4.78 is 11.1. The number of amides is 8. The van der Waals surface area contributed by atoms with Crippen LogP contribution in [0.25, 0.3) is 0 Å². The van der Waals surface area contributed by atoms with Gasteiger partial charge in [-0.25, -0.2) is 0 Å². The first-order valence-corrected chi connectivity index (χ1v) is 25.1. The monoisotopic (exact) mass is 1010 g/mol. The molecule has 9 atom stereocenters. The number of ether oxygens (including phenoxy) is 2. The largest absolute Gasteiger partial charge is 0.497 e. The number of likely N-dealkylation sites (N-methyl/N-ethyl adjacent to an activating group) is 4. The molecule has 2 rings (SSSR count). The summed E-state index contributed by atoms with van der Waals surface area (Å²) >= 11 is 0. The zero-order valence-corrected chi connectivity index (χ0v) is 45.8. The molecule has 8 amide bonds. The van der Waals surface area contributed by atoms with Crippen LogP contribution in [0, 0.1) is 29.1 Å². The Hall–Kier alpha value is -6.08. The van der Waals surface area contributed by atoms with E-state index < -0.39 is 138 Å². The summed E-state index contributed by atoms with van der Waals surface area (Å²) in [5.41, 5.74) is -1.15. The molecule has 0 aliphatic carbocycles. The third-order valence-corrected chi connectivity index (χ3v) is 13.8. The van der Waals surface area contributed by atoms with Crippen molar-refractivity contribution in [3.8, 4) is 5.75 Å². The van der Waals surface area contributed by atoms with Crippen molar-refractivity contribution in [3.63, 3.8) is 0 Å². The maximum Gasteiger partial charge on any atom is 0.311 e. The first-order chi connectivity index (χ1) is 33.5. The van der Waals surface area contributed by atoms with E-state index in [1.54, 1.807) is 58.9 Å². The molecule has 0 radical (unpaired) electrons. The van der Waals surface area contributed by atoms with E-state index in [2.05, 4.69) is 21.3 Å². The standard InChI is InChI=1S/C52H84N8O12/c1-18-20-37-32(8)50(69)72-43(31(7)19-2)48(67)54-27-40(61)58(14)38(25-29(3)4)46(65)53-28-41(62)60(16)42(30(5)6)49(68)59(15)39(26-35-21-23-36(71-17)24-22-35)47(66)55-33(9)44(63)52(11,12)51(70)57(13)34(10)45(64)56-37/h21-24,29-34,37-39,42-43H,18-20,25-28H2,1-17H3,(H,53,65)(H,54,67)(H,55,66)(H,56,64)/t31-,32+,33+,34+,37-,38+,39+,42+,43+/m1/s1. The van der Waals surface area contributed by atoms with E-state index in [1.165, 1.54) is 77.7 Å². The van der Waals surface area contributed by atoms with Crippen molar-refractivity contribution in [2.24, 2.45) is 29.1 Å². The van der Waals surface area contributed by atoms with E-state index in [-0.39, 0.29) is 18.8 Å². The summed E-state index contributed by atoms with van der Waals surface area (Å²) in [4.78, 5) is 145. The molecule has 1 aliphatic heterocycles. The Bertz CT molecular complexity index is 2090. The van der Waals surface area contributed by atoms with Crippen molar-refractivity contribution >= 4 is 59.0 Å². The Labute approximate surface area is 426 Å². The number of ketones is 1. The van der Waals surface area contributed by atoms with Gasteiger partial charge in [-0.15, -0.1) is 0 Å². The van der Waals surface area contributed by atoms with Crippen LogP contribution in [0.4, 0.5) is 0 Å². The van der Waals surface area contributed by atoms with E-state index in [0.717, 1.165) is 4.90 Å². The molecule has 4 N–H and O–H groups in total. The lowest BCUT2D eigenvalue weighted by Crippen LogP contribution is -2.60. The lowest BCUT2D eigenvalue weighted by atomic mass is 9.82. The van der Waals surface area contributed by atoms with Crippen LogP contribution in [0.15, 0.2) is 24.3 Å². The van der Waals surface area contributed by atoms with Gasteiger partial charge in [0.05, 0.1) is 32.2 Å². The highest BCUT2D eigenvalue weighted by Gasteiger charge is 2.45. The van der Waals surface area contributed by atoms with E-state index in [4.69, 9.17) is 9.47 Å². The van der Waals surface area contributed by atoms with E-state index in [9.17, 15) is 47.9 Å². The number of carbonyl (C=O) groups is 10. The summed E-state index contributed by atoms with van der Waals surface area (Å²) in [5, 5.41) is 10.8. The van der Waals surface area contributed by atoms with Crippen molar-refractivity contribution in [1.29, 1.82) is 0 Å². The van der Waals surface area contributed by atoms with Crippen LogP contribution in [0.1, 0.15) is 114 Å². The van der Waals surface area contributed by atoms with Gasteiger partial charge in [0.2, 0.25) is 41.4 Å². The van der Waals surface area contributed by atoms with Crippen molar-refractivity contribution in [1.82, 2.24) is 40.9 Å². The van der Waals surface area contributed by atoms with Crippen LogP contribution >= 0.6 is 0 Å². The number of hydrogen-bond acceptors (Lipinski definition) is 12. The average Bonchev–Trinajstić information content (AvgIpc) is 3.34. The lowest BCUT2D eigenvalue weighted by molar-refractivity contribution is -0.164. The quantitative estimate of drug-likeness (QED) is 0.195. The van der Waals surface area contributed by atoms with Crippen LogP contribution < -0.4 is 26.0 Å². The molecule has 404 valence electrons. The summed E-state index contributed by atoms with van der Waals surface area (Å²) in [6.45, 7) is 18.6. The summed E-state index contributed by atoms with van der Waals surface area (Å²) in [7, 11) is 7.10. The molecule has 1 fully saturated rings. The van der Waals surface area contributed by atoms with Crippen molar-refractivity contribution in [3.05, 3.63) is 29.8 Å². The Morgan fingerprint density at radius 2 is 1.26 bits per heavy atom. The molecule has 1 heterocycles. The van der Waals surface area contributed by atoms with Crippen LogP contribution in [-0.2, 0) is 59.1 Å². The maximum atomic E-state index is 14.6.